The highest BCUT2D eigenvalue weighted by Gasteiger charge is 2.06. The molecule has 6 nitrogen and oxygen atoms in total. The van der Waals surface area contributed by atoms with Crippen LogP contribution in [0.2, 0.25) is 0 Å². The minimum Gasteiger partial charge on any atom is -0.481 e. The Morgan fingerprint density at radius 1 is 1.56 bits per heavy atom. The van der Waals surface area contributed by atoms with Crippen LogP contribution in [0.5, 0.6) is 0 Å². The number of hydrogen-bond donors (Lipinski definition) is 2. The summed E-state index contributed by atoms with van der Waals surface area (Å²) in [5.41, 5.74) is 0. The lowest BCUT2D eigenvalue weighted by molar-refractivity contribution is -0.137. The number of aliphatic carboxylic acids is 1. The molecule has 0 aliphatic heterocycles. The van der Waals surface area contributed by atoms with E-state index in [2.05, 4.69) is 15.3 Å². The predicted molar refractivity (Wildman–Crippen MR) is 70.9 cm³/mol. The van der Waals surface area contributed by atoms with Crippen LogP contribution in [0.25, 0.3) is 0 Å². The molecule has 0 saturated carbocycles. The van der Waals surface area contributed by atoms with Gasteiger partial charge in [0.25, 0.3) is 0 Å². The summed E-state index contributed by atoms with van der Waals surface area (Å²) >= 11 is 0. The quantitative estimate of drug-likeness (QED) is 0.765. The van der Waals surface area contributed by atoms with Crippen LogP contribution in [0.1, 0.15) is 19.8 Å². The minimum absolute atomic E-state index is 0.204. The molecule has 1 rings (SSSR count). The summed E-state index contributed by atoms with van der Waals surface area (Å²) in [5.74, 6) is 0.951. The second-order valence-electron chi connectivity index (χ2n) is 4.55. The minimum atomic E-state index is -0.751. The van der Waals surface area contributed by atoms with E-state index in [1.165, 1.54) is 0 Å². The third-order valence-corrected chi connectivity index (χ3v) is 2.53. The molecular formula is C12H20N4O2. The lowest BCUT2D eigenvalue weighted by Crippen LogP contribution is -2.16. The molecule has 0 radical (unpaired) electrons. The van der Waals surface area contributed by atoms with Crippen LogP contribution < -0.4 is 10.2 Å². The molecule has 0 fully saturated rings. The molecule has 2 N–H and O–H groups in total. The van der Waals surface area contributed by atoms with Crippen molar-refractivity contribution >= 4 is 17.7 Å². The van der Waals surface area contributed by atoms with Gasteiger partial charge < -0.3 is 15.3 Å². The van der Waals surface area contributed by atoms with Crippen molar-refractivity contribution in [2.45, 2.75) is 19.8 Å². The second kappa shape index (κ2) is 6.78. The van der Waals surface area contributed by atoms with Gasteiger partial charge in [0.1, 0.15) is 5.82 Å². The molecule has 1 atom stereocenters. The molecular weight excluding hydrogens is 232 g/mol. The Morgan fingerprint density at radius 3 is 2.89 bits per heavy atom. The number of aromatic nitrogens is 2. The molecule has 0 spiro atoms. The van der Waals surface area contributed by atoms with Crippen molar-refractivity contribution in [1.82, 2.24) is 9.97 Å². The molecule has 6 heteroatoms. The lowest BCUT2D eigenvalue weighted by atomic mass is 10.1. The Balaban J connectivity index is 2.43. The van der Waals surface area contributed by atoms with Crippen LogP contribution in [0, 0.1) is 5.92 Å². The van der Waals surface area contributed by atoms with E-state index in [4.69, 9.17) is 5.11 Å². The van der Waals surface area contributed by atoms with E-state index in [0.29, 0.717) is 24.8 Å². The number of anilines is 2. The molecule has 1 aromatic rings. The maximum Gasteiger partial charge on any atom is 0.303 e. The molecule has 0 amide bonds. The monoisotopic (exact) mass is 252 g/mol. The van der Waals surface area contributed by atoms with E-state index in [-0.39, 0.29) is 6.42 Å². The fourth-order valence-electron chi connectivity index (χ4n) is 1.41. The van der Waals surface area contributed by atoms with Crippen molar-refractivity contribution in [1.29, 1.82) is 0 Å². The van der Waals surface area contributed by atoms with E-state index < -0.39 is 5.97 Å². The van der Waals surface area contributed by atoms with Crippen molar-refractivity contribution in [3.8, 4) is 0 Å². The van der Waals surface area contributed by atoms with Gasteiger partial charge in [-0.1, -0.05) is 6.92 Å². The first-order valence-electron chi connectivity index (χ1n) is 5.95. The van der Waals surface area contributed by atoms with Gasteiger partial charge in [0.05, 0.1) is 0 Å². The highest BCUT2D eigenvalue weighted by molar-refractivity contribution is 5.66. The Hall–Kier alpha value is -1.85. The molecule has 1 aromatic heterocycles. The Labute approximate surface area is 107 Å². The summed E-state index contributed by atoms with van der Waals surface area (Å²) < 4.78 is 0. The highest BCUT2D eigenvalue weighted by atomic mass is 16.4. The standard InChI is InChI=1S/C12H20N4O2/c1-9(4-5-11(17)18)8-14-10-6-7-13-12(15-10)16(2)3/h6-7,9H,4-5,8H2,1-3H3,(H,17,18)(H,13,14,15). The van der Waals surface area contributed by atoms with Crippen LogP contribution in [0.4, 0.5) is 11.8 Å². The number of nitrogens with one attached hydrogen (secondary N) is 1. The van der Waals surface area contributed by atoms with E-state index >= 15 is 0 Å². The Kier molecular flexibility index (Phi) is 5.35. The molecule has 0 bridgehead atoms. The zero-order valence-electron chi connectivity index (χ0n) is 11.1. The van der Waals surface area contributed by atoms with E-state index in [0.717, 1.165) is 5.82 Å². The zero-order valence-corrected chi connectivity index (χ0v) is 11.1. The first-order chi connectivity index (χ1) is 8.49. The third-order valence-electron chi connectivity index (χ3n) is 2.53. The summed E-state index contributed by atoms with van der Waals surface area (Å²) in [6.07, 6.45) is 2.57. The number of hydrogen-bond acceptors (Lipinski definition) is 5. The topological polar surface area (TPSA) is 78.3 Å². The molecule has 1 unspecified atom stereocenters. The predicted octanol–water partition coefficient (Wildman–Crippen LogP) is 1.46. The maximum atomic E-state index is 10.5. The summed E-state index contributed by atoms with van der Waals surface area (Å²) in [5, 5.41) is 11.8. The molecule has 18 heavy (non-hydrogen) atoms. The van der Waals surface area contributed by atoms with Crippen molar-refractivity contribution in [3.63, 3.8) is 0 Å². The van der Waals surface area contributed by atoms with Crippen LogP contribution in [-0.2, 0) is 4.79 Å². The molecule has 100 valence electrons. The zero-order chi connectivity index (χ0) is 13.5. The number of nitrogens with zero attached hydrogens (tertiary/aromatic N) is 3. The van der Waals surface area contributed by atoms with Gasteiger partial charge in [-0.2, -0.15) is 4.98 Å². The second-order valence-corrected chi connectivity index (χ2v) is 4.55. The van der Waals surface area contributed by atoms with Crippen LogP contribution in [0.15, 0.2) is 12.3 Å². The maximum absolute atomic E-state index is 10.5. The summed E-state index contributed by atoms with van der Waals surface area (Å²) in [4.78, 5) is 20.7. The highest BCUT2D eigenvalue weighted by Crippen LogP contribution is 2.10. The summed E-state index contributed by atoms with van der Waals surface area (Å²) in [6, 6.07) is 1.80. The van der Waals surface area contributed by atoms with Gasteiger partial charge in [-0.05, 0) is 18.4 Å². The average Bonchev–Trinajstić information content (AvgIpc) is 2.34. The first kappa shape index (κ1) is 14.2. The SMILES string of the molecule is CC(CCC(=O)O)CNc1ccnc(N(C)C)n1. The van der Waals surface area contributed by atoms with Gasteiger partial charge in [0, 0.05) is 33.3 Å². The largest absolute Gasteiger partial charge is 0.481 e. The van der Waals surface area contributed by atoms with E-state index in [1.807, 2.05) is 25.9 Å². The third kappa shape index (κ3) is 4.99. The molecule has 0 aliphatic rings. The van der Waals surface area contributed by atoms with Gasteiger partial charge in [0.15, 0.2) is 0 Å². The van der Waals surface area contributed by atoms with Crippen LogP contribution >= 0.6 is 0 Å². The Bertz CT molecular complexity index is 395. The molecule has 1 heterocycles. The van der Waals surface area contributed by atoms with Gasteiger partial charge in [-0.15, -0.1) is 0 Å². The molecule has 0 aromatic carbocycles. The van der Waals surface area contributed by atoms with E-state index in [9.17, 15) is 4.79 Å². The van der Waals surface area contributed by atoms with Gasteiger partial charge in [0.2, 0.25) is 5.95 Å². The summed E-state index contributed by atoms with van der Waals surface area (Å²) in [6.45, 7) is 2.72. The fourth-order valence-corrected chi connectivity index (χ4v) is 1.41. The number of rotatable bonds is 7. The van der Waals surface area contributed by atoms with Gasteiger partial charge >= 0.3 is 5.97 Å². The van der Waals surface area contributed by atoms with Crippen LogP contribution in [-0.4, -0.2) is 41.7 Å². The van der Waals surface area contributed by atoms with Crippen molar-refractivity contribution in [2.24, 2.45) is 5.92 Å². The first-order valence-corrected chi connectivity index (χ1v) is 5.95. The number of carboxylic acids is 1. The number of carboxylic acid groups (broad SMARTS) is 1. The molecule has 0 aliphatic carbocycles. The Morgan fingerprint density at radius 2 is 2.28 bits per heavy atom. The van der Waals surface area contributed by atoms with Crippen molar-refractivity contribution in [2.75, 3.05) is 30.9 Å². The normalized spacial score (nSPS) is 11.9. The van der Waals surface area contributed by atoms with Crippen molar-refractivity contribution in [3.05, 3.63) is 12.3 Å². The van der Waals surface area contributed by atoms with Crippen LogP contribution in [0.3, 0.4) is 0 Å². The fraction of sp³-hybridized carbons (Fsp3) is 0.583. The number of carbonyl (C=O) groups is 1. The van der Waals surface area contributed by atoms with Crippen molar-refractivity contribution < 1.29 is 9.90 Å². The van der Waals surface area contributed by atoms with Gasteiger partial charge in [-0.3, -0.25) is 4.79 Å². The van der Waals surface area contributed by atoms with Gasteiger partial charge in [-0.25, -0.2) is 4.98 Å². The average molecular weight is 252 g/mol. The smallest absolute Gasteiger partial charge is 0.303 e. The molecule has 0 saturated heterocycles. The van der Waals surface area contributed by atoms with E-state index in [1.54, 1.807) is 12.3 Å². The summed E-state index contributed by atoms with van der Waals surface area (Å²) in [7, 11) is 3.77. The lowest BCUT2D eigenvalue weighted by Gasteiger charge is -2.14.